The van der Waals surface area contributed by atoms with Crippen molar-refractivity contribution in [1.82, 2.24) is 0 Å². The van der Waals surface area contributed by atoms with Crippen molar-refractivity contribution < 1.29 is 0 Å². The van der Waals surface area contributed by atoms with Crippen LogP contribution in [0.4, 0.5) is 0 Å². The molecule has 17 heavy (non-hydrogen) atoms. The molecule has 4 nitrogen and oxygen atoms in total. The molecule has 2 atom stereocenters. The summed E-state index contributed by atoms with van der Waals surface area (Å²) in [7, 11) is 0. The number of hydrogen-bond acceptors (Lipinski definition) is 4. The van der Waals surface area contributed by atoms with Crippen LogP contribution >= 0.6 is 0 Å². The van der Waals surface area contributed by atoms with Gasteiger partial charge in [-0.2, -0.15) is 20.8 Å². The number of rotatable bonds is 7. The molecule has 0 heterocycles. The first-order valence-corrected chi connectivity index (χ1v) is 6.28. The van der Waals surface area contributed by atoms with Crippen LogP contribution in [0, 0.1) is 22.7 Å². The third-order valence-corrected chi connectivity index (χ3v) is 3.13. The molecule has 0 aliphatic carbocycles. The molecule has 0 saturated heterocycles. The average Bonchev–Trinajstić information content (AvgIpc) is 2.39. The predicted molar refractivity (Wildman–Crippen MR) is 67.3 cm³/mol. The zero-order valence-electron chi connectivity index (χ0n) is 11.3. The number of unbranched alkanes of at least 4 members (excludes halogenated alkanes) is 1. The quantitative estimate of drug-likeness (QED) is 0.624. The summed E-state index contributed by atoms with van der Waals surface area (Å²) in [6.45, 7) is 7.66. The Balaban J connectivity index is 4.95. The molecule has 0 aromatic carbocycles. The van der Waals surface area contributed by atoms with Crippen molar-refractivity contribution in [2.75, 3.05) is 0 Å². The number of azo groups is 1. The van der Waals surface area contributed by atoms with Gasteiger partial charge in [-0.1, -0.05) is 33.6 Å². The second kappa shape index (κ2) is 7.01. The first kappa shape index (κ1) is 15.6. The van der Waals surface area contributed by atoms with Gasteiger partial charge < -0.3 is 0 Å². The highest BCUT2D eigenvalue weighted by molar-refractivity contribution is 5.08. The van der Waals surface area contributed by atoms with E-state index in [0.717, 1.165) is 12.8 Å². The van der Waals surface area contributed by atoms with Gasteiger partial charge in [-0.3, -0.25) is 0 Å². The third-order valence-electron chi connectivity index (χ3n) is 3.13. The van der Waals surface area contributed by atoms with Crippen molar-refractivity contribution in [3.8, 4) is 12.1 Å². The summed E-state index contributed by atoms with van der Waals surface area (Å²) in [5.41, 5.74) is -1.55. The summed E-state index contributed by atoms with van der Waals surface area (Å²) >= 11 is 0. The van der Waals surface area contributed by atoms with Crippen molar-refractivity contribution in [3.05, 3.63) is 0 Å². The molecule has 4 heteroatoms. The van der Waals surface area contributed by atoms with Crippen molar-refractivity contribution in [2.24, 2.45) is 10.2 Å². The highest BCUT2D eigenvalue weighted by Crippen LogP contribution is 2.25. The van der Waals surface area contributed by atoms with E-state index in [1.165, 1.54) is 0 Å². The molecule has 0 spiro atoms. The zero-order chi connectivity index (χ0) is 13.4. The molecular weight excluding hydrogens is 212 g/mol. The molecule has 0 amide bonds. The maximum Gasteiger partial charge on any atom is 0.167 e. The summed E-state index contributed by atoms with van der Waals surface area (Å²) in [6.07, 6.45) is 3.94. The number of nitrogens with zero attached hydrogens (tertiary/aromatic N) is 4. The van der Waals surface area contributed by atoms with E-state index in [4.69, 9.17) is 5.26 Å². The molecule has 0 aromatic rings. The third kappa shape index (κ3) is 4.53. The lowest BCUT2D eigenvalue weighted by molar-refractivity contribution is 0.413. The van der Waals surface area contributed by atoms with E-state index in [-0.39, 0.29) is 0 Å². The minimum atomic E-state index is -0.802. The molecule has 0 aliphatic rings. The van der Waals surface area contributed by atoms with Crippen LogP contribution in [0.25, 0.3) is 0 Å². The molecule has 0 aromatic heterocycles. The Morgan fingerprint density at radius 1 is 1.00 bits per heavy atom. The minimum Gasteiger partial charge on any atom is -0.196 e. The van der Waals surface area contributed by atoms with Gasteiger partial charge in [0.1, 0.15) is 0 Å². The monoisotopic (exact) mass is 234 g/mol. The maximum atomic E-state index is 9.26. The number of hydrogen-bond donors (Lipinski definition) is 0. The summed E-state index contributed by atoms with van der Waals surface area (Å²) in [5.74, 6) is 0. The molecule has 0 radical (unpaired) electrons. The number of nitriles is 2. The van der Waals surface area contributed by atoms with Crippen molar-refractivity contribution in [3.63, 3.8) is 0 Å². The van der Waals surface area contributed by atoms with Gasteiger partial charge in [0.25, 0.3) is 0 Å². The largest absolute Gasteiger partial charge is 0.196 e. The van der Waals surface area contributed by atoms with Gasteiger partial charge in [-0.15, -0.1) is 0 Å². The SMILES string of the molecule is CCCCC(C#N)(CC)/N=N/C(C)(C#N)CC. The molecule has 2 unspecified atom stereocenters. The van der Waals surface area contributed by atoms with Crippen molar-refractivity contribution in [1.29, 1.82) is 10.5 Å². The standard InChI is InChI=1S/C13H22N4/c1-5-8-9-13(7-3,11-15)17-16-12(4,6-2)10-14/h5-9H2,1-4H3/b17-16+. The smallest absolute Gasteiger partial charge is 0.167 e. The Kier molecular flexibility index (Phi) is 6.43. The van der Waals surface area contributed by atoms with E-state index in [9.17, 15) is 5.26 Å². The van der Waals surface area contributed by atoms with Crippen LogP contribution in [-0.4, -0.2) is 11.1 Å². The van der Waals surface area contributed by atoms with E-state index in [2.05, 4.69) is 29.3 Å². The molecule has 0 aliphatic heterocycles. The first-order valence-electron chi connectivity index (χ1n) is 6.28. The van der Waals surface area contributed by atoms with Crippen LogP contribution < -0.4 is 0 Å². The highest BCUT2D eigenvalue weighted by Gasteiger charge is 2.29. The molecule has 0 N–H and O–H groups in total. The molecule has 0 saturated carbocycles. The van der Waals surface area contributed by atoms with E-state index < -0.39 is 11.1 Å². The lowest BCUT2D eigenvalue weighted by Crippen LogP contribution is -2.25. The van der Waals surface area contributed by atoms with Crippen LogP contribution in [0.15, 0.2) is 10.2 Å². The van der Waals surface area contributed by atoms with Gasteiger partial charge in [0, 0.05) is 0 Å². The fourth-order valence-electron chi connectivity index (χ4n) is 1.30. The lowest BCUT2D eigenvalue weighted by atomic mass is 9.92. The van der Waals surface area contributed by atoms with Gasteiger partial charge in [-0.25, -0.2) is 0 Å². The van der Waals surface area contributed by atoms with Crippen LogP contribution in [0.5, 0.6) is 0 Å². The average molecular weight is 234 g/mol. The van der Waals surface area contributed by atoms with Gasteiger partial charge in [0.05, 0.1) is 12.1 Å². The van der Waals surface area contributed by atoms with Crippen LogP contribution in [-0.2, 0) is 0 Å². The topological polar surface area (TPSA) is 72.3 Å². The van der Waals surface area contributed by atoms with Gasteiger partial charge in [0.15, 0.2) is 11.1 Å². The van der Waals surface area contributed by atoms with Crippen LogP contribution in [0.1, 0.15) is 59.8 Å². The summed E-state index contributed by atoms with van der Waals surface area (Å²) in [6, 6.07) is 4.39. The lowest BCUT2D eigenvalue weighted by Gasteiger charge is -2.21. The fraction of sp³-hybridized carbons (Fsp3) is 0.846. The highest BCUT2D eigenvalue weighted by atomic mass is 15.2. The molecular formula is C13H22N4. The predicted octanol–water partition coefficient (Wildman–Crippen LogP) is 3.99. The Hall–Kier alpha value is -1.42. The Bertz CT molecular complexity index is 336. The van der Waals surface area contributed by atoms with Crippen molar-refractivity contribution in [2.45, 2.75) is 70.9 Å². The summed E-state index contributed by atoms with van der Waals surface area (Å²) < 4.78 is 0. The summed E-state index contributed by atoms with van der Waals surface area (Å²) in [5, 5.41) is 26.6. The van der Waals surface area contributed by atoms with E-state index >= 15 is 0 Å². The van der Waals surface area contributed by atoms with Crippen molar-refractivity contribution >= 4 is 0 Å². The summed E-state index contributed by atoms with van der Waals surface area (Å²) in [4.78, 5) is 0. The minimum absolute atomic E-state index is 0.603. The maximum absolute atomic E-state index is 9.26. The van der Waals surface area contributed by atoms with Gasteiger partial charge >= 0.3 is 0 Å². The molecule has 0 rings (SSSR count). The fourth-order valence-corrected chi connectivity index (χ4v) is 1.30. The van der Waals surface area contributed by atoms with Gasteiger partial charge in [0.2, 0.25) is 0 Å². The Labute approximate surface area is 104 Å². The van der Waals surface area contributed by atoms with E-state index in [0.29, 0.717) is 19.3 Å². The van der Waals surface area contributed by atoms with Gasteiger partial charge in [-0.05, 0) is 26.2 Å². The van der Waals surface area contributed by atoms with Crippen LogP contribution in [0.3, 0.4) is 0 Å². The Morgan fingerprint density at radius 3 is 2.00 bits per heavy atom. The zero-order valence-corrected chi connectivity index (χ0v) is 11.3. The molecule has 0 fully saturated rings. The van der Waals surface area contributed by atoms with E-state index in [1.54, 1.807) is 6.92 Å². The second-order valence-corrected chi connectivity index (χ2v) is 4.54. The van der Waals surface area contributed by atoms with Crippen LogP contribution in [0.2, 0.25) is 0 Å². The van der Waals surface area contributed by atoms with E-state index in [1.807, 2.05) is 13.8 Å². The molecule has 0 bridgehead atoms. The molecule has 94 valence electrons. The normalized spacial score (nSPS) is 18.0. The first-order chi connectivity index (χ1) is 8.01. The Morgan fingerprint density at radius 2 is 1.65 bits per heavy atom. The second-order valence-electron chi connectivity index (χ2n) is 4.54.